The second-order valence-electron chi connectivity index (χ2n) is 6.32. The highest BCUT2D eigenvalue weighted by molar-refractivity contribution is 7.21. The number of amides is 1. The lowest BCUT2D eigenvalue weighted by atomic mass is 10.1. The van der Waals surface area contributed by atoms with E-state index in [1.54, 1.807) is 12.0 Å². The lowest BCUT2D eigenvalue weighted by molar-refractivity contribution is 0.0989. The van der Waals surface area contributed by atoms with E-state index in [0.717, 1.165) is 27.1 Å². The zero-order chi connectivity index (χ0) is 19.5. The van der Waals surface area contributed by atoms with Crippen LogP contribution in [-0.2, 0) is 6.54 Å². The number of thiophene rings is 1. The third-order valence-electron chi connectivity index (χ3n) is 4.53. The Morgan fingerprint density at radius 2 is 1.68 bits per heavy atom. The second kappa shape index (κ2) is 8.05. The molecule has 0 unspecified atom stereocenters. The first-order chi connectivity index (χ1) is 13.7. The molecular formula is C23H18ClNO2S. The zero-order valence-electron chi connectivity index (χ0n) is 15.3. The molecule has 0 aliphatic rings. The van der Waals surface area contributed by atoms with Gasteiger partial charge in [0.1, 0.15) is 10.6 Å². The maximum absolute atomic E-state index is 13.5. The minimum Gasteiger partial charge on any atom is -0.497 e. The highest BCUT2D eigenvalue weighted by atomic mass is 35.5. The van der Waals surface area contributed by atoms with Gasteiger partial charge in [-0.15, -0.1) is 11.3 Å². The van der Waals surface area contributed by atoms with Crippen LogP contribution in [0.4, 0.5) is 5.69 Å². The topological polar surface area (TPSA) is 29.5 Å². The minimum atomic E-state index is -0.111. The van der Waals surface area contributed by atoms with Crippen LogP contribution in [0.3, 0.4) is 0 Å². The summed E-state index contributed by atoms with van der Waals surface area (Å²) in [7, 11) is 1.62. The van der Waals surface area contributed by atoms with E-state index in [-0.39, 0.29) is 5.91 Å². The standard InChI is InChI=1S/C23H18ClNO2S/c1-27-18-12-13-20-19(14-18)21(24)22(28-20)23(26)25(17-10-6-3-7-11-17)15-16-8-4-2-5-9-16/h2-14H,15H2,1H3. The van der Waals surface area contributed by atoms with E-state index in [4.69, 9.17) is 16.3 Å². The number of rotatable bonds is 5. The van der Waals surface area contributed by atoms with Crippen LogP contribution >= 0.6 is 22.9 Å². The minimum absolute atomic E-state index is 0.111. The van der Waals surface area contributed by atoms with Crippen LogP contribution in [0.15, 0.2) is 78.9 Å². The molecule has 140 valence electrons. The van der Waals surface area contributed by atoms with Crippen molar-refractivity contribution in [3.63, 3.8) is 0 Å². The summed E-state index contributed by atoms with van der Waals surface area (Å²) in [5, 5.41) is 1.31. The summed E-state index contributed by atoms with van der Waals surface area (Å²) in [6.07, 6.45) is 0. The smallest absolute Gasteiger partial charge is 0.270 e. The molecule has 3 nitrogen and oxygen atoms in total. The summed E-state index contributed by atoms with van der Waals surface area (Å²) in [4.78, 5) is 15.8. The van der Waals surface area contributed by atoms with Gasteiger partial charge in [0.2, 0.25) is 0 Å². The van der Waals surface area contributed by atoms with Gasteiger partial charge in [0.05, 0.1) is 18.7 Å². The average molecular weight is 408 g/mol. The van der Waals surface area contributed by atoms with Gasteiger partial charge >= 0.3 is 0 Å². The molecule has 0 fully saturated rings. The molecule has 0 radical (unpaired) electrons. The zero-order valence-corrected chi connectivity index (χ0v) is 16.8. The van der Waals surface area contributed by atoms with Crippen molar-refractivity contribution >= 4 is 44.6 Å². The number of nitrogens with zero attached hydrogens (tertiary/aromatic N) is 1. The van der Waals surface area contributed by atoms with Gasteiger partial charge in [-0.2, -0.15) is 0 Å². The second-order valence-corrected chi connectivity index (χ2v) is 7.75. The van der Waals surface area contributed by atoms with Crippen LogP contribution in [0, 0.1) is 0 Å². The summed E-state index contributed by atoms with van der Waals surface area (Å²) in [5.41, 5.74) is 1.89. The number of carbonyl (C=O) groups is 1. The number of benzene rings is 3. The molecule has 1 heterocycles. The van der Waals surface area contributed by atoms with Crippen LogP contribution in [0.25, 0.3) is 10.1 Å². The van der Waals surface area contributed by atoms with Crippen molar-refractivity contribution in [2.75, 3.05) is 12.0 Å². The molecule has 0 atom stereocenters. The molecule has 0 saturated heterocycles. The number of carbonyl (C=O) groups excluding carboxylic acids is 1. The van der Waals surface area contributed by atoms with Gasteiger partial charge in [-0.3, -0.25) is 4.79 Å². The first-order valence-corrected chi connectivity index (χ1v) is 10.0. The molecule has 1 aromatic heterocycles. The Balaban J connectivity index is 1.77. The largest absolute Gasteiger partial charge is 0.497 e. The maximum atomic E-state index is 13.5. The van der Waals surface area contributed by atoms with Crippen molar-refractivity contribution in [3.8, 4) is 5.75 Å². The van der Waals surface area contributed by atoms with Crippen LogP contribution in [-0.4, -0.2) is 13.0 Å². The molecule has 4 aromatic rings. The number of fused-ring (bicyclic) bond motifs is 1. The molecule has 0 aliphatic carbocycles. The Hall–Kier alpha value is -2.82. The Morgan fingerprint density at radius 3 is 2.36 bits per heavy atom. The van der Waals surface area contributed by atoms with E-state index < -0.39 is 0 Å². The SMILES string of the molecule is COc1ccc2sc(C(=O)N(Cc3ccccc3)c3ccccc3)c(Cl)c2c1. The van der Waals surface area contributed by atoms with Crippen molar-refractivity contribution in [3.05, 3.63) is 94.3 Å². The Bertz CT molecular complexity index is 1110. The van der Waals surface area contributed by atoms with Crippen molar-refractivity contribution < 1.29 is 9.53 Å². The third-order valence-corrected chi connectivity index (χ3v) is 6.19. The Morgan fingerprint density at radius 1 is 1.00 bits per heavy atom. The Labute approximate surface area is 172 Å². The van der Waals surface area contributed by atoms with Gasteiger partial charge in [-0.25, -0.2) is 0 Å². The van der Waals surface area contributed by atoms with Crippen LogP contribution in [0.1, 0.15) is 15.2 Å². The molecule has 0 N–H and O–H groups in total. The molecule has 5 heteroatoms. The van der Waals surface area contributed by atoms with Crippen molar-refractivity contribution in [1.29, 1.82) is 0 Å². The third kappa shape index (κ3) is 3.61. The number of ether oxygens (including phenoxy) is 1. The predicted molar refractivity (Wildman–Crippen MR) is 117 cm³/mol. The summed E-state index contributed by atoms with van der Waals surface area (Å²) < 4.78 is 6.25. The van der Waals surface area contributed by atoms with Gasteiger partial charge in [0.15, 0.2) is 0 Å². The summed E-state index contributed by atoms with van der Waals surface area (Å²) in [5.74, 6) is 0.607. The molecule has 28 heavy (non-hydrogen) atoms. The molecule has 1 amide bonds. The van der Waals surface area contributed by atoms with Gasteiger partial charge in [0.25, 0.3) is 5.91 Å². The number of hydrogen-bond donors (Lipinski definition) is 0. The van der Waals surface area contributed by atoms with E-state index in [1.165, 1.54) is 11.3 Å². The fourth-order valence-corrected chi connectivity index (χ4v) is 4.52. The number of hydrogen-bond acceptors (Lipinski definition) is 3. The highest BCUT2D eigenvalue weighted by Crippen LogP contribution is 2.38. The highest BCUT2D eigenvalue weighted by Gasteiger charge is 2.24. The summed E-state index contributed by atoms with van der Waals surface area (Å²) in [6, 6.07) is 25.3. The molecular weight excluding hydrogens is 390 g/mol. The summed E-state index contributed by atoms with van der Waals surface area (Å²) in [6.45, 7) is 0.470. The number of anilines is 1. The first-order valence-electron chi connectivity index (χ1n) is 8.84. The van der Waals surface area contributed by atoms with Crippen molar-refractivity contribution in [2.24, 2.45) is 0 Å². The van der Waals surface area contributed by atoms with Gasteiger partial charge in [0, 0.05) is 15.8 Å². The van der Waals surface area contributed by atoms with E-state index in [1.807, 2.05) is 78.9 Å². The van der Waals surface area contributed by atoms with Crippen LogP contribution in [0.5, 0.6) is 5.75 Å². The van der Waals surface area contributed by atoms with Crippen LogP contribution < -0.4 is 9.64 Å². The van der Waals surface area contributed by atoms with Crippen LogP contribution in [0.2, 0.25) is 5.02 Å². The average Bonchev–Trinajstić information content (AvgIpc) is 3.08. The molecule has 0 bridgehead atoms. The molecule has 4 rings (SSSR count). The maximum Gasteiger partial charge on any atom is 0.270 e. The fraction of sp³-hybridized carbons (Fsp3) is 0.0870. The van der Waals surface area contributed by atoms with Crippen molar-refractivity contribution in [2.45, 2.75) is 6.54 Å². The fourth-order valence-electron chi connectivity index (χ4n) is 3.09. The lowest BCUT2D eigenvalue weighted by Crippen LogP contribution is -2.29. The number of para-hydroxylation sites is 1. The van der Waals surface area contributed by atoms with E-state index in [0.29, 0.717) is 16.4 Å². The lowest BCUT2D eigenvalue weighted by Gasteiger charge is -2.22. The summed E-state index contributed by atoms with van der Waals surface area (Å²) >= 11 is 8.03. The quantitative estimate of drug-likeness (QED) is 0.382. The van der Waals surface area contributed by atoms with E-state index in [9.17, 15) is 4.79 Å². The molecule has 0 saturated carbocycles. The van der Waals surface area contributed by atoms with E-state index >= 15 is 0 Å². The molecule has 3 aromatic carbocycles. The first kappa shape index (κ1) is 18.5. The number of methoxy groups -OCH3 is 1. The van der Waals surface area contributed by atoms with E-state index in [2.05, 4.69) is 0 Å². The van der Waals surface area contributed by atoms with Gasteiger partial charge < -0.3 is 9.64 Å². The number of halogens is 1. The normalized spacial score (nSPS) is 10.8. The molecule has 0 spiro atoms. The molecule has 0 aliphatic heterocycles. The monoisotopic (exact) mass is 407 g/mol. The predicted octanol–water partition coefficient (Wildman–Crippen LogP) is 6.41. The Kier molecular flexibility index (Phi) is 5.33. The van der Waals surface area contributed by atoms with Gasteiger partial charge in [-0.05, 0) is 35.9 Å². The van der Waals surface area contributed by atoms with Crippen molar-refractivity contribution in [1.82, 2.24) is 0 Å². The van der Waals surface area contributed by atoms with Gasteiger partial charge in [-0.1, -0.05) is 60.1 Å².